The van der Waals surface area contributed by atoms with Gasteiger partial charge in [0.2, 0.25) is 0 Å². The zero-order valence-electron chi connectivity index (χ0n) is 11.5. The third-order valence-corrected chi connectivity index (χ3v) is 5.21. The first-order valence-corrected chi connectivity index (χ1v) is 8.11. The monoisotopic (exact) mass is 323 g/mol. The van der Waals surface area contributed by atoms with Gasteiger partial charge in [0, 0.05) is 22.5 Å². The maximum atomic E-state index is 6.41. The molecule has 2 aliphatic rings. The minimum Gasteiger partial charge on any atom is -0.487 e. The van der Waals surface area contributed by atoms with Gasteiger partial charge in [0.1, 0.15) is 11.4 Å². The molecular formula is C16H22BrNO. The number of hydrogen-bond donors (Lipinski definition) is 1. The summed E-state index contributed by atoms with van der Waals surface area (Å²) in [6.45, 7) is 2.35. The molecule has 1 aliphatic carbocycles. The van der Waals surface area contributed by atoms with Crippen LogP contribution in [0.1, 0.15) is 57.1 Å². The minimum atomic E-state index is -0.00892. The van der Waals surface area contributed by atoms with Crippen molar-refractivity contribution in [1.29, 1.82) is 0 Å². The molecule has 0 bridgehead atoms. The lowest BCUT2D eigenvalue weighted by Gasteiger charge is -2.41. The second-order valence-electron chi connectivity index (χ2n) is 6.31. The molecule has 104 valence electrons. The van der Waals surface area contributed by atoms with Crippen molar-refractivity contribution in [1.82, 2.24) is 0 Å². The van der Waals surface area contributed by atoms with Crippen LogP contribution in [0.15, 0.2) is 22.7 Å². The van der Waals surface area contributed by atoms with Crippen LogP contribution in [0.4, 0.5) is 0 Å². The Kier molecular flexibility index (Phi) is 3.61. The molecule has 3 atom stereocenters. The van der Waals surface area contributed by atoms with Crippen molar-refractivity contribution in [3.05, 3.63) is 28.2 Å². The number of halogens is 1. The summed E-state index contributed by atoms with van der Waals surface area (Å²) in [5, 5.41) is 0. The summed E-state index contributed by atoms with van der Waals surface area (Å²) in [7, 11) is 0. The summed E-state index contributed by atoms with van der Waals surface area (Å²) in [5.41, 5.74) is 7.55. The molecule has 2 nitrogen and oxygen atoms in total. The Morgan fingerprint density at radius 1 is 1.32 bits per heavy atom. The van der Waals surface area contributed by atoms with Gasteiger partial charge < -0.3 is 10.5 Å². The van der Waals surface area contributed by atoms with Crippen LogP contribution in [0.2, 0.25) is 0 Å². The van der Waals surface area contributed by atoms with E-state index in [2.05, 4.69) is 35.0 Å². The van der Waals surface area contributed by atoms with Gasteiger partial charge in [-0.1, -0.05) is 29.3 Å². The highest BCUT2D eigenvalue weighted by Crippen LogP contribution is 2.45. The van der Waals surface area contributed by atoms with Gasteiger partial charge in [0.25, 0.3) is 0 Å². The van der Waals surface area contributed by atoms with Gasteiger partial charge in [0.05, 0.1) is 0 Å². The third kappa shape index (κ3) is 2.68. The van der Waals surface area contributed by atoms with Gasteiger partial charge in [-0.2, -0.15) is 0 Å². The zero-order valence-corrected chi connectivity index (χ0v) is 13.1. The van der Waals surface area contributed by atoms with E-state index < -0.39 is 0 Å². The van der Waals surface area contributed by atoms with E-state index in [1.54, 1.807) is 0 Å². The van der Waals surface area contributed by atoms with E-state index in [1.807, 2.05) is 6.07 Å². The number of benzene rings is 1. The van der Waals surface area contributed by atoms with Crippen molar-refractivity contribution >= 4 is 15.9 Å². The topological polar surface area (TPSA) is 35.2 Å². The standard InChI is InChI=1S/C16H22BrNO/c1-11-3-2-7-16(8-6-11)10-14(18)13-9-12(17)4-5-15(13)19-16/h4-5,9,11,14H,2-3,6-8,10,18H2,1H3/t11?,14-,16?/m1/s1. The van der Waals surface area contributed by atoms with Gasteiger partial charge in [-0.15, -0.1) is 0 Å². The maximum Gasteiger partial charge on any atom is 0.124 e. The normalized spacial score (nSPS) is 34.5. The van der Waals surface area contributed by atoms with Gasteiger partial charge >= 0.3 is 0 Å². The maximum absolute atomic E-state index is 6.41. The van der Waals surface area contributed by atoms with Crippen molar-refractivity contribution in [2.75, 3.05) is 0 Å². The average Bonchev–Trinajstić information content (AvgIpc) is 2.54. The van der Waals surface area contributed by atoms with Crippen molar-refractivity contribution in [3.8, 4) is 5.75 Å². The molecule has 0 amide bonds. The minimum absolute atomic E-state index is 0.00892. The first kappa shape index (κ1) is 13.4. The first-order chi connectivity index (χ1) is 9.08. The van der Waals surface area contributed by atoms with E-state index in [0.29, 0.717) is 0 Å². The van der Waals surface area contributed by atoms with Gasteiger partial charge in [-0.05, 0) is 49.8 Å². The highest BCUT2D eigenvalue weighted by Gasteiger charge is 2.40. The highest BCUT2D eigenvalue weighted by molar-refractivity contribution is 9.10. The Balaban J connectivity index is 1.89. The lowest BCUT2D eigenvalue weighted by atomic mass is 9.82. The molecule has 0 aromatic heterocycles. The molecular weight excluding hydrogens is 302 g/mol. The predicted molar refractivity (Wildman–Crippen MR) is 81.3 cm³/mol. The smallest absolute Gasteiger partial charge is 0.124 e. The Hall–Kier alpha value is -0.540. The molecule has 3 heteroatoms. The van der Waals surface area contributed by atoms with Crippen LogP contribution >= 0.6 is 15.9 Å². The predicted octanol–water partition coefficient (Wildman–Crippen LogP) is 4.57. The number of nitrogens with two attached hydrogens (primary N) is 1. The first-order valence-electron chi connectivity index (χ1n) is 7.32. The Labute approximate surface area is 123 Å². The number of rotatable bonds is 0. The number of ether oxygens (including phenoxy) is 1. The summed E-state index contributed by atoms with van der Waals surface area (Å²) in [6, 6.07) is 6.32. The third-order valence-electron chi connectivity index (χ3n) is 4.71. The SMILES string of the molecule is CC1CCCC2(CC1)C[C@@H](N)c1cc(Br)ccc1O2. The quantitative estimate of drug-likeness (QED) is 0.759. The van der Waals surface area contributed by atoms with E-state index in [1.165, 1.54) is 19.3 Å². The fourth-order valence-electron chi connectivity index (χ4n) is 3.55. The van der Waals surface area contributed by atoms with Crippen molar-refractivity contribution < 1.29 is 4.74 Å². The number of hydrogen-bond acceptors (Lipinski definition) is 2. The van der Waals surface area contributed by atoms with E-state index in [9.17, 15) is 0 Å². The van der Waals surface area contributed by atoms with E-state index in [-0.39, 0.29) is 11.6 Å². The molecule has 1 saturated carbocycles. The van der Waals surface area contributed by atoms with Gasteiger partial charge in [-0.3, -0.25) is 0 Å². The summed E-state index contributed by atoms with van der Waals surface area (Å²) in [5.74, 6) is 1.82. The molecule has 0 radical (unpaired) electrons. The van der Waals surface area contributed by atoms with Crippen LogP contribution in [0.3, 0.4) is 0 Å². The lowest BCUT2D eigenvalue weighted by molar-refractivity contribution is 0.0205. The van der Waals surface area contributed by atoms with Crippen LogP contribution in [-0.2, 0) is 0 Å². The largest absolute Gasteiger partial charge is 0.487 e. The fourth-order valence-corrected chi connectivity index (χ4v) is 3.92. The summed E-state index contributed by atoms with van der Waals surface area (Å²) >= 11 is 3.51. The molecule has 1 aromatic rings. The van der Waals surface area contributed by atoms with Crippen LogP contribution in [0.25, 0.3) is 0 Å². The van der Waals surface area contributed by atoms with Crippen LogP contribution in [0.5, 0.6) is 5.75 Å². The second kappa shape index (κ2) is 5.10. The zero-order chi connectivity index (χ0) is 13.5. The highest BCUT2D eigenvalue weighted by atomic mass is 79.9. The van der Waals surface area contributed by atoms with E-state index >= 15 is 0 Å². The Morgan fingerprint density at radius 2 is 2.16 bits per heavy atom. The van der Waals surface area contributed by atoms with E-state index in [0.717, 1.165) is 41.0 Å². The molecule has 19 heavy (non-hydrogen) atoms. The van der Waals surface area contributed by atoms with Crippen molar-refractivity contribution in [2.24, 2.45) is 11.7 Å². The molecule has 1 aliphatic heterocycles. The van der Waals surface area contributed by atoms with E-state index in [4.69, 9.17) is 10.5 Å². The molecule has 3 rings (SSSR count). The molecule has 0 saturated heterocycles. The van der Waals surface area contributed by atoms with Crippen molar-refractivity contribution in [2.45, 2.75) is 57.1 Å². The molecule has 1 aromatic carbocycles. The number of fused-ring (bicyclic) bond motifs is 1. The summed E-state index contributed by atoms with van der Waals surface area (Å²) in [6.07, 6.45) is 7.12. The van der Waals surface area contributed by atoms with Gasteiger partial charge in [-0.25, -0.2) is 0 Å². The Morgan fingerprint density at radius 3 is 3.00 bits per heavy atom. The molecule has 2 N–H and O–H groups in total. The lowest BCUT2D eigenvalue weighted by Crippen LogP contribution is -2.42. The molecule has 2 unspecified atom stereocenters. The van der Waals surface area contributed by atoms with Gasteiger partial charge in [0.15, 0.2) is 0 Å². The van der Waals surface area contributed by atoms with Crippen LogP contribution in [-0.4, -0.2) is 5.60 Å². The van der Waals surface area contributed by atoms with Crippen molar-refractivity contribution in [3.63, 3.8) is 0 Å². The van der Waals surface area contributed by atoms with Crippen LogP contribution < -0.4 is 10.5 Å². The molecule has 1 fully saturated rings. The average molecular weight is 324 g/mol. The van der Waals surface area contributed by atoms with Crippen LogP contribution in [0, 0.1) is 5.92 Å². The second-order valence-corrected chi connectivity index (χ2v) is 7.23. The summed E-state index contributed by atoms with van der Waals surface area (Å²) in [4.78, 5) is 0. The fraction of sp³-hybridized carbons (Fsp3) is 0.625. The molecule has 1 heterocycles. The Bertz CT molecular complexity index is 476. The molecule has 1 spiro atoms. The summed E-state index contributed by atoms with van der Waals surface area (Å²) < 4.78 is 7.49.